The van der Waals surface area contributed by atoms with Crippen LogP contribution in [0.1, 0.15) is 29.0 Å². The summed E-state index contributed by atoms with van der Waals surface area (Å²) in [5.74, 6) is -0.636. The van der Waals surface area contributed by atoms with Gasteiger partial charge in [0.2, 0.25) is 0 Å². The SMILES string of the molecule is CC(NC(=O)c1csc(-c2ccccc2)n1)c1ccccc1F. The summed E-state index contributed by atoms with van der Waals surface area (Å²) < 4.78 is 13.8. The van der Waals surface area contributed by atoms with E-state index < -0.39 is 6.04 Å². The van der Waals surface area contributed by atoms with Crippen molar-refractivity contribution < 1.29 is 9.18 Å². The van der Waals surface area contributed by atoms with Gasteiger partial charge in [0.1, 0.15) is 16.5 Å². The lowest BCUT2D eigenvalue weighted by atomic mass is 10.1. The van der Waals surface area contributed by atoms with Gasteiger partial charge in [-0.1, -0.05) is 48.5 Å². The average Bonchev–Trinajstić information content (AvgIpc) is 3.06. The normalized spacial score (nSPS) is 11.9. The van der Waals surface area contributed by atoms with E-state index in [-0.39, 0.29) is 11.7 Å². The third-order valence-corrected chi connectivity index (χ3v) is 4.37. The summed E-state index contributed by atoms with van der Waals surface area (Å²) in [5, 5.41) is 5.28. The van der Waals surface area contributed by atoms with Crippen molar-refractivity contribution in [3.8, 4) is 10.6 Å². The molecule has 0 saturated heterocycles. The highest BCUT2D eigenvalue weighted by Crippen LogP contribution is 2.24. The largest absolute Gasteiger partial charge is 0.344 e. The predicted molar refractivity (Wildman–Crippen MR) is 89.8 cm³/mol. The van der Waals surface area contributed by atoms with Gasteiger partial charge in [-0.25, -0.2) is 9.37 Å². The molecule has 1 N–H and O–H groups in total. The Kier molecular flexibility index (Phi) is 4.48. The highest BCUT2D eigenvalue weighted by Gasteiger charge is 2.17. The molecule has 0 radical (unpaired) electrons. The van der Waals surface area contributed by atoms with Crippen molar-refractivity contribution >= 4 is 17.2 Å². The monoisotopic (exact) mass is 326 g/mol. The van der Waals surface area contributed by atoms with Crippen LogP contribution in [0.4, 0.5) is 4.39 Å². The first kappa shape index (κ1) is 15.4. The third kappa shape index (κ3) is 3.46. The van der Waals surface area contributed by atoms with Crippen LogP contribution in [0.5, 0.6) is 0 Å². The van der Waals surface area contributed by atoms with E-state index >= 15 is 0 Å². The van der Waals surface area contributed by atoms with Crippen LogP contribution in [0.15, 0.2) is 60.0 Å². The van der Waals surface area contributed by atoms with Gasteiger partial charge < -0.3 is 5.32 Å². The van der Waals surface area contributed by atoms with Crippen molar-refractivity contribution in [2.45, 2.75) is 13.0 Å². The van der Waals surface area contributed by atoms with Gasteiger partial charge in [0.05, 0.1) is 6.04 Å². The number of thiazole rings is 1. The van der Waals surface area contributed by atoms with Gasteiger partial charge in [-0.05, 0) is 13.0 Å². The molecule has 0 fully saturated rings. The van der Waals surface area contributed by atoms with Crippen LogP contribution in [-0.2, 0) is 0 Å². The molecule has 3 nitrogen and oxygen atoms in total. The minimum absolute atomic E-state index is 0.306. The Morgan fingerprint density at radius 1 is 1.13 bits per heavy atom. The Balaban J connectivity index is 1.74. The van der Waals surface area contributed by atoms with Gasteiger partial charge in [0, 0.05) is 16.5 Å². The topological polar surface area (TPSA) is 42.0 Å². The van der Waals surface area contributed by atoms with Crippen molar-refractivity contribution in [1.82, 2.24) is 10.3 Å². The number of rotatable bonds is 4. The second-order valence-electron chi connectivity index (χ2n) is 5.12. The summed E-state index contributed by atoms with van der Waals surface area (Å²) in [5.41, 5.74) is 1.77. The number of carbonyl (C=O) groups excluding carboxylic acids is 1. The lowest BCUT2D eigenvalue weighted by molar-refractivity contribution is 0.0935. The number of nitrogens with zero attached hydrogens (tertiary/aromatic N) is 1. The fraction of sp³-hybridized carbons (Fsp3) is 0.111. The number of benzene rings is 2. The molecule has 1 unspecified atom stereocenters. The lowest BCUT2D eigenvalue weighted by Crippen LogP contribution is -2.27. The summed E-state index contributed by atoms with van der Waals surface area (Å²) in [6.07, 6.45) is 0. The van der Waals surface area contributed by atoms with Crippen LogP contribution >= 0.6 is 11.3 Å². The van der Waals surface area contributed by atoms with E-state index in [0.717, 1.165) is 10.6 Å². The van der Waals surface area contributed by atoms with Crippen molar-refractivity contribution in [3.05, 3.63) is 77.1 Å². The van der Waals surface area contributed by atoms with Crippen LogP contribution in [-0.4, -0.2) is 10.9 Å². The maximum Gasteiger partial charge on any atom is 0.271 e. The molecule has 3 aromatic rings. The van der Waals surface area contributed by atoms with Gasteiger partial charge in [-0.3, -0.25) is 4.79 Å². The van der Waals surface area contributed by atoms with Gasteiger partial charge in [0.15, 0.2) is 0 Å². The molecule has 0 aliphatic rings. The first-order chi connectivity index (χ1) is 11.1. The number of hydrogen-bond donors (Lipinski definition) is 1. The summed E-state index contributed by atoms with van der Waals surface area (Å²) in [4.78, 5) is 16.7. The van der Waals surface area contributed by atoms with Crippen molar-refractivity contribution in [2.75, 3.05) is 0 Å². The van der Waals surface area contributed by atoms with E-state index in [2.05, 4.69) is 10.3 Å². The highest BCUT2D eigenvalue weighted by molar-refractivity contribution is 7.13. The van der Waals surface area contributed by atoms with Crippen LogP contribution in [0.25, 0.3) is 10.6 Å². The quantitative estimate of drug-likeness (QED) is 0.770. The predicted octanol–water partition coefficient (Wildman–Crippen LogP) is 4.44. The fourth-order valence-corrected chi connectivity index (χ4v) is 3.07. The van der Waals surface area contributed by atoms with Crippen LogP contribution < -0.4 is 5.32 Å². The van der Waals surface area contributed by atoms with Crippen LogP contribution in [0.2, 0.25) is 0 Å². The molecular formula is C18H15FN2OS. The zero-order valence-corrected chi connectivity index (χ0v) is 13.3. The van der Waals surface area contributed by atoms with Gasteiger partial charge in [-0.15, -0.1) is 11.3 Å². The Morgan fingerprint density at radius 2 is 1.83 bits per heavy atom. The van der Waals surface area contributed by atoms with Gasteiger partial charge >= 0.3 is 0 Å². The van der Waals surface area contributed by atoms with Crippen LogP contribution in [0, 0.1) is 5.82 Å². The number of hydrogen-bond acceptors (Lipinski definition) is 3. The number of amides is 1. The molecule has 5 heteroatoms. The first-order valence-corrected chi connectivity index (χ1v) is 8.09. The molecule has 23 heavy (non-hydrogen) atoms. The molecule has 3 rings (SSSR count). The van der Waals surface area contributed by atoms with Crippen LogP contribution in [0.3, 0.4) is 0 Å². The molecule has 0 spiro atoms. The van der Waals surface area contributed by atoms with E-state index in [1.54, 1.807) is 30.5 Å². The molecule has 1 atom stereocenters. The van der Waals surface area contributed by atoms with E-state index in [1.165, 1.54) is 17.4 Å². The molecule has 2 aromatic carbocycles. The molecule has 0 saturated carbocycles. The Hall–Kier alpha value is -2.53. The molecule has 1 amide bonds. The van der Waals surface area contributed by atoms with Crippen molar-refractivity contribution in [2.24, 2.45) is 0 Å². The third-order valence-electron chi connectivity index (χ3n) is 3.48. The van der Waals surface area contributed by atoms with E-state index in [9.17, 15) is 9.18 Å². The molecular weight excluding hydrogens is 311 g/mol. The lowest BCUT2D eigenvalue weighted by Gasteiger charge is -2.14. The summed E-state index contributed by atoms with van der Waals surface area (Å²) in [6, 6.07) is 15.7. The standard InChI is InChI=1S/C18H15FN2OS/c1-12(14-9-5-6-10-15(14)19)20-17(22)16-11-23-18(21-16)13-7-3-2-4-8-13/h2-12H,1H3,(H,20,22). The van der Waals surface area contributed by atoms with Gasteiger partial charge in [-0.2, -0.15) is 0 Å². The maximum atomic E-state index is 13.8. The van der Waals surface area contributed by atoms with Crippen molar-refractivity contribution in [1.29, 1.82) is 0 Å². The number of aromatic nitrogens is 1. The molecule has 1 aromatic heterocycles. The Bertz CT molecular complexity index is 817. The fourth-order valence-electron chi connectivity index (χ4n) is 2.27. The smallest absolute Gasteiger partial charge is 0.271 e. The summed E-state index contributed by atoms with van der Waals surface area (Å²) >= 11 is 1.41. The molecule has 116 valence electrons. The van der Waals surface area contributed by atoms with Crippen molar-refractivity contribution in [3.63, 3.8) is 0 Å². The maximum absolute atomic E-state index is 13.8. The highest BCUT2D eigenvalue weighted by atomic mass is 32.1. The Morgan fingerprint density at radius 3 is 2.57 bits per heavy atom. The second-order valence-corrected chi connectivity index (χ2v) is 5.98. The zero-order valence-electron chi connectivity index (χ0n) is 12.5. The molecule has 0 aliphatic carbocycles. The number of nitrogens with one attached hydrogen (secondary N) is 1. The van der Waals surface area contributed by atoms with E-state index in [4.69, 9.17) is 0 Å². The zero-order chi connectivity index (χ0) is 16.2. The van der Waals surface area contributed by atoms with E-state index in [0.29, 0.717) is 11.3 Å². The first-order valence-electron chi connectivity index (χ1n) is 7.21. The number of halogens is 1. The summed E-state index contributed by atoms with van der Waals surface area (Å²) in [6.45, 7) is 1.75. The minimum Gasteiger partial charge on any atom is -0.344 e. The molecule has 0 aliphatic heterocycles. The minimum atomic E-state index is -0.425. The number of carbonyl (C=O) groups is 1. The Labute approximate surface area is 137 Å². The molecule has 1 heterocycles. The van der Waals surface area contributed by atoms with Gasteiger partial charge in [0.25, 0.3) is 5.91 Å². The summed E-state index contributed by atoms with van der Waals surface area (Å²) in [7, 11) is 0. The van der Waals surface area contributed by atoms with E-state index in [1.807, 2.05) is 30.3 Å². The average molecular weight is 326 g/mol. The second kappa shape index (κ2) is 6.71. The molecule has 0 bridgehead atoms.